The summed E-state index contributed by atoms with van der Waals surface area (Å²) < 4.78 is 1.38. The van der Waals surface area contributed by atoms with Crippen LogP contribution in [0.25, 0.3) is 5.69 Å². The Labute approximate surface area is 130 Å². The van der Waals surface area contributed by atoms with Gasteiger partial charge in [0, 0.05) is 16.1 Å². The summed E-state index contributed by atoms with van der Waals surface area (Å²) in [5.74, 6) is -0.546. The molecule has 0 amide bonds. The fourth-order valence-electron chi connectivity index (χ4n) is 2.54. The zero-order valence-corrected chi connectivity index (χ0v) is 11.9. The number of nitrogens with zero attached hydrogens (tertiary/aromatic N) is 3. The minimum Gasteiger partial charge on any atom is -0.287 e. The van der Waals surface area contributed by atoms with Gasteiger partial charge < -0.3 is 0 Å². The van der Waals surface area contributed by atoms with Crippen LogP contribution in [0, 0.1) is 0 Å². The van der Waals surface area contributed by atoms with Gasteiger partial charge in [0.15, 0.2) is 5.69 Å². The van der Waals surface area contributed by atoms with E-state index in [2.05, 4.69) is 10.3 Å². The van der Waals surface area contributed by atoms with Gasteiger partial charge in [-0.1, -0.05) is 41.1 Å². The van der Waals surface area contributed by atoms with Crippen LogP contribution in [0.2, 0.25) is 5.02 Å². The Kier molecular flexibility index (Phi) is 2.71. The second kappa shape index (κ2) is 4.61. The SMILES string of the molecule is O=C1c2ccccc2C(=O)c2c1nnn2-c1ccc(Cl)cc1. The van der Waals surface area contributed by atoms with Gasteiger partial charge in [0.1, 0.15) is 5.69 Å². The topological polar surface area (TPSA) is 64.8 Å². The number of ketones is 2. The third-order valence-corrected chi connectivity index (χ3v) is 3.84. The summed E-state index contributed by atoms with van der Waals surface area (Å²) in [5, 5.41) is 8.43. The summed E-state index contributed by atoms with van der Waals surface area (Å²) in [4.78, 5) is 25.2. The lowest BCUT2D eigenvalue weighted by Gasteiger charge is -2.14. The zero-order chi connectivity index (χ0) is 15.3. The van der Waals surface area contributed by atoms with Gasteiger partial charge in [-0.15, -0.1) is 5.10 Å². The van der Waals surface area contributed by atoms with Crippen molar-refractivity contribution in [3.63, 3.8) is 0 Å². The van der Waals surface area contributed by atoms with Crippen LogP contribution < -0.4 is 0 Å². The van der Waals surface area contributed by atoms with E-state index in [0.717, 1.165) is 0 Å². The molecule has 0 unspecified atom stereocenters. The Balaban J connectivity index is 1.94. The van der Waals surface area contributed by atoms with Gasteiger partial charge in [-0.2, -0.15) is 0 Å². The second-order valence-corrected chi connectivity index (χ2v) is 5.32. The van der Waals surface area contributed by atoms with Gasteiger partial charge in [0.05, 0.1) is 5.69 Å². The Morgan fingerprint density at radius 1 is 0.864 bits per heavy atom. The Morgan fingerprint density at radius 2 is 1.50 bits per heavy atom. The van der Waals surface area contributed by atoms with Crippen LogP contribution in [0.5, 0.6) is 0 Å². The number of carbonyl (C=O) groups is 2. The van der Waals surface area contributed by atoms with Crippen molar-refractivity contribution in [2.45, 2.75) is 0 Å². The Bertz CT molecular complexity index is 929. The molecule has 2 aromatic carbocycles. The van der Waals surface area contributed by atoms with E-state index in [9.17, 15) is 9.59 Å². The zero-order valence-electron chi connectivity index (χ0n) is 11.2. The highest BCUT2D eigenvalue weighted by Gasteiger charge is 2.35. The normalized spacial score (nSPS) is 13.0. The average molecular weight is 310 g/mol. The summed E-state index contributed by atoms with van der Waals surface area (Å²) in [5.41, 5.74) is 1.63. The number of rotatable bonds is 1. The predicted octanol–water partition coefficient (Wildman–Crippen LogP) is 2.70. The van der Waals surface area contributed by atoms with Gasteiger partial charge in [-0.05, 0) is 24.3 Å². The van der Waals surface area contributed by atoms with Crippen molar-refractivity contribution in [2.24, 2.45) is 0 Å². The molecule has 6 heteroatoms. The molecule has 1 aliphatic rings. The van der Waals surface area contributed by atoms with E-state index < -0.39 is 0 Å². The lowest BCUT2D eigenvalue weighted by Crippen LogP contribution is -2.22. The number of hydrogen-bond acceptors (Lipinski definition) is 4. The van der Waals surface area contributed by atoms with Gasteiger partial charge >= 0.3 is 0 Å². The fraction of sp³-hybridized carbons (Fsp3) is 0. The summed E-state index contributed by atoms with van der Waals surface area (Å²) in [6.45, 7) is 0. The lowest BCUT2D eigenvalue weighted by molar-refractivity contribution is 0.0972. The highest BCUT2D eigenvalue weighted by molar-refractivity contribution is 6.30. The highest BCUT2D eigenvalue weighted by Crippen LogP contribution is 2.27. The Hall–Kier alpha value is -2.79. The van der Waals surface area contributed by atoms with Crippen LogP contribution in [-0.4, -0.2) is 26.6 Å². The minimum absolute atomic E-state index is 0.0821. The summed E-state index contributed by atoms with van der Waals surface area (Å²) in [6, 6.07) is 13.5. The van der Waals surface area contributed by atoms with Gasteiger partial charge in [0.2, 0.25) is 11.6 Å². The minimum atomic E-state index is -0.287. The molecule has 1 heterocycles. The van der Waals surface area contributed by atoms with Crippen molar-refractivity contribution in [1.82, 2.24) is 15.0 Å². The number of carbonyl (C=O) groups excluding carboxylic acids is 2. The maximum atomic E-state index is 12.7. The Morgan fingerprint density at radius 3 is 2.18 bits per heavy atom. The molecule has 1 aromatic heterocycles. The number of aromatic nitrogens is 3. The summed E-state index contributed by atoms with van der Waals surface area (Å²) in [6.07, 6.45) is 0. The first-order chi connectivity index (χ1) is 10.7. The molecular weight excluding hydrogens is 302 g/mol. The maximum Gasteiger partial charge on any atom is 0.216 e. The average Bonchev–Trinajstić information content (AvgIpc) is 2.99. The molecule has 3 aromatic rings. The smallest absolute Gasteiger partial charge is 0.216 e. The number of halogens is 1. The van der Waals surface area contributed by atoms with Crippen molar-refractivity contribution >= 4 is 23.2 Å². The quantitative estimate of drug-likeness (QED) is 0.542. The summed E-state index contributed by atoms with van der Waals surface area (Å²) >= 11 is 5.87. The first-order valence-corrected chi connectivity index (χ1v) is 6.94. The van der Waals surface area contributed by atoms with Gasteiger partial charge in [-0.3, -0.25) is 9.59 Å². The molecule has 106 valence electrons. The van der Waals surface area contributed by atoms with Crippen molar-refractivity contribution in [3.8, 4) is 5.69 Å². The molecule has 0 saturated carbocycles. The third-order valence-electron chi connectivity index (χ3n) is 3.59. The molecule has 5 nitrogen and oxygen atoms in total. The van der Waals surface area contributed by atoms with Crippen LogP contribution in [0.3, 0.4) is 0 Å². The second-order valence-electron chi connectivity index (χ2n) is 4.88. The van der Waals surface area contributed by atoms with Crippen molar-refractivity contribution in [1.29, 1.82) is 0 Å². The van der Waals surface area contributed by atoms with Gasteiger partial charge in [0.25, 0.3) is 0 Å². The fourth-order valence-corrected chi connectivity index (χ4v) is 2.66. The van der Waals surface area contributed by atoms with E-state index in [1.54, 1.807) is 48.5 Å². The molecule has 0 fully saturated rings. The highest BCUT2D eigenvalue weighted by atomic mass is 35.5. The molecule has 1 aliphatic carbocycles. The van der Waals surface area contributed by atoms with Crippen molar-refractivity contribution < 1.29 is 9.59 Å². The van der Waals surface area contributed by atoms with Crippen LogP contribution in [0.4, 0.5) is 0 Å². The van der Waals surface area contributed by atoms with E-state index in [4.69, 9.17) is 11.6 Å². The van der Waals surface area contributed by atoms with Gasteiger partial charge in [-0.25, -0.2) is 4.68 Å². The van der Waals surface area contributed by atoms with Crippen molar-refractivity contribution in [3.05, 3.63) is 76.1 Å². The molecule has 0 radical (unpaired) electrons. The number of hydrogen-bond donors (Lipinski definition) is 0. The van der Waals surface area contributed by atoms with E-state index in [1.807, 2.05) is 0 Å². The molecule has 0 bridgehead atoms. The molecule has 22 heavy (non-hydrogen) atoms. The van der Waals surface area contributed by atoms with E-state index in [1.165, 1.54) is 4.68 Å². The third kappa shape index (κ3) is 1.72. The predicted molar refractivity (Wildman–Crippen MR) is 79.7 cm³/mol. The standard InChI is InChI=1S/C16H8ClN3O2/c17-9-5-7-10(8-6-9)20-14-13(18-19-20)15(21)11-3-1-2-4-12(11)16(14)22/h1-8H. The molecule has 0 aliphatic heterocycles. The monoisotopic (exact) mass is 309 g/mol. The van der Waals surface area contributed by atoms with Crippen LogP contribution in [0.1, 0.15) is 32.1 Å². The van der Waals surface area contributed by atoms with Crippen molar-refractivity contribution in [2.75, 3.05) is 0 Å². The first kappa shape index (κ1) is 12.9. The maximum absolute atomic E-state index is 12.7. The molecule has 0 atom stereocenters. The first-order valence-electron chi connectivity index (χ1n) is 6.57. The van der Waals surface area contributed by atoms with E-state index >= 15 is 0 Å². The summed E-state index contributed by atoms with van der Waals surface area (Å²) in [7, 11) is 0. The largest absolute Gasteiger partial charge is 0.287 e. The molecule has 0 saturated heterocycles. The molecular formula is C16H8ClN3O2. The van der Waals surface area contributed by atoms with Crippen LogP contribution in [-0.2, 0) is 0 Å². The number of benzene rings is 2. The van der Waals surface area contributed by atoms with Crippen LogP contribution in [0.15, 0.2) is 48.5 Å². The van der Waals surface area contributed by atoms with E-state index in [0.29, 0.717) is 21.8 Å². The number of fused-ring (bicyclic) bond motifs is 2. The van der Waals surface area contributed by atoms with E-state index in [-0.39, 0.29) is 23.0 Å². The van der Waals surface area contributed by atoms with Crippen LogP contribution >= 0.6 is 11.6 Å². The lowest BCUT2D eigenvalue weighted by atomic mass is 9.90. The molecule has 4 rings (SSSR count). The molecule has 0 N–H and O–H groups in total. The molecule has 0 spiro atoms.